The zero-order valence-corrected chi connectivity index (χ0v) is 9.63. The number of hydrogen-bond acceptors (Lipinski definition) is 3. The molecule has 0 unspecified atom stereocenters. The third kappa shape index (κ3) is 3.18. The molecule has 0 spiro atoms. The Bertz CT molecular complexity index is 300. The van der Waals surface area contributed by atoms with Crippen LogP contribution in [0.5, 0.6) is 0 Å². The highest BCUT2D eigenvalue weighted by Gasteiger charge is 2.27. The summed E-state index contributed by atoms with van der Waals surface area (Å²) in [4.78, 5) is 23.1. The Balaban J connectivity index is 2.81. The molecule has 0 heterocycles. The number of allylic oxidation sites excluding steroid dienone is 1. The molecule has 1 rings (SSSR count). The van der Waals surface area contributed by atoms with Crippen molar-refractivity contribution < 1.29 is 14.3 Å². The van der Waals surface area contributed by atoms with Crippen molar-refractivity contribution in [3.8, 4) is 0 Å². The van der Waals surface area contributed by atoms with Crippen LogP contribution in [-0.2, 0) is 14.3 Å². The van der Waals surface area contributed by atoms with Gasteiger partial charge in [-0.25, -0.2) is 4.79 Å². The first-order chi connectivity index (χ1) is 6.96. The van der Waals surface area contributed by atoms with E-state index >= 15 is 0 Å². The maximum Gasteiger partial charge on any atom is 0.341 e. The van der Waals surface area contributed by atoms with Gasteiger partial charge in [0.05, 0.1) is 12.2 Å². The summed E-state index contributed by atoms with van der Waals surface area (Å²) in [6.07, 6.45) is 3.75. The number of ether oxygens (including phenoxy) is 1. The smallest absolute Gasteiger partial charge is 0.341 e. The average molecular weight is 210 g/mol. The van der Waals surface area contributed by atoms with E-state index in [-0.39, 0.29) is 16.8 Å². The molecular formula is C12H18O3. The number of carbonyl (C=O) groups is 2. The summed E-state index contributed by atoms with van der Waals surface area (Å²) in [5, 5.41) is 0. The van der Waals surface area contributed by atoms with Crippen molar-refractivity contribution >= 4 is 11.8 Å². The minimum absolute atomic E-state index is 0.0842. The third-order valence-corrected chi connectivity index (χ3v) is 2.68. The van der Waals surface area contributed by atoms with Crippen LogP contribution >= 0.6 is 0 Å². The van der Waals surface area contributed by atoms with E-state index in [2.05, 4.69) is 13.8 Å². The van der Waals surface area contributed by atoms with Gasteiger partial charge in [0.15, 0.2) is 5.78 Å². The fourth-order valence-corrected chi connectivity index (χ4v) is 1.59. The van der Waals surface area contributed by atoms with Gasteiger partial charge in [0.1, 0.15) is 0 Å². The topological polar surface area (TPSA) is 43.4 Å². The Morgan fingerprint density at radius 1 is 1.53 bits per heavy atom. The maximum absolute atomic E-state index is 11.6. The van der Waals surface area contributed by atoms with Gasteiger partial charge in [0, 0.05) is 6.42 Å². The van der Waals surface area contributed by atoms with Crippen LogP contribution in [0.3, 0.4) is 0 Å². The van der Waals surface area contributed by atoms with Gasteiger partial charge >= 0.3 is 5.97 Å². The maximum atomic E-state index is 11.6. The average Bonchev–Trinajstić information content (AvgIpc) is 2.27. The lowest BCUT2D eigenvalue weighted by molar-refractivity contribution is -0.140. The van der Waals surface area contributed by atoms with Crippen molar-refractivity contribution in [3.05, 3.63) is 11.6 Å². The first-order valence-corrected chi connectivity index (χ1v) is 5.37. The Morgan fingerprint density at radius 2 is 2.20 bits per heavy atom. The first-order valence-electron chi connectivity index (χ1n) is 5.37. The number of carbonyl (C=O) groups excluding carboxylic acids is 2. The number of esters is 1. The molecule has 0 aromatic heterocycles. The van der Waals surface area contributed by atoms with Crippen molar-refractivity contribution in [3.63, 3.8) is 0 Å². The molecule has 0 fully saturated rings. The Kier molecular flexibility index (Phi) is 3.66. The standard InChI is InChI=1S/C12H18O3/c1-4-15-11(14)9-5-7-12(2,3)8-6-10(9)13/h5H,4,6-8H2,1-3H3. The molecule has 15 heavy (non-hydrogen) atoms. The summed E-state index contributed by atoms with van der Waals surface area (Å²) < 4.78 is 4.85. The first kappa shape index (κ1) is 12.0. The van der Waals surface area contributed by atoms with Crippen molar-refractivity contribution in [2.75, 3.05) is 6.61 Å². The summed E-state index contributed by atoms with van der Waals surface area (Å²) in [6.45, 7) is 6.26. The molecule has 0 radical (unpaired) electrons. The van der Waals surface area contributed by atoms with Crippen LogP contribution in [0.1, 0.15) is 40.0 Å². The molecule has 3 nitrogen and oxygen atoms in total. The molecule has 1 aliphatic rings. The van der Waals surface area contributed by atoms with Gasteiger partial charge in [-0.05, 0) is 25.2 Å². The summed E-state index contributed by atoms with van der Waals surface area (Å²) >= 11 is 0. The van der Waals surface area contributed by atoms with Crippen LogP contribution in [0.25, 0.3) is 0 Å². The molecule has 0 aromatic rings. The zero-order chi connectivity index (χ0) is 11.5. The van der Waals surface area contributed by atoms with Gasteiger partial charge in [-0.2, -0.15) is 0 Å². The fraction of sp³-hybridized carbons (Fsp3) is 0.667. The lowest BCUT2D eigenvalue weighted by Gasteiger charge is -2.19. The van der Waals surface area contributed by atoms with E-state index in [1.165, 1.54) is 0 Å². The molecule has 0 saturated heterocycles. The molecule has 0 atom stereocenters. The van der Waals surface area contributed by atoms with E-state index in [9.17, 15) is 9.59 Å². The second-order valence-corrected chi connectivity index (χ2v) is 4.63. The van der Waals surface area contributed by atoms with Crippen molar-refractivity contribution in [1.82, 2.24) is 0 Å². The van der Waals surface area contributed by atoms with Gasteiger partial charge in [0.25, 0.3) is 0 Å². The van der Waals surface area contributed by atoms with E-state index in [0.717, 1.165) is 12.8 Å². The van der Waals surface area contributed by atoms with E-state index in [1.54, 1.807) is 13.0 Å². The van der Waals surface area contributed by atoms with Gasteiger partial charge < -0.3 is 4.74 Å². The summed E-state index contributed by atoms with van der Waals surface area (Å²) in [5.41, 5.74) is 0.339. The number of rotatable bonds is 2. The minimum atomic E-state index is -0.472. The lowest BCUT2D eigenvalue weighted by atomic mass is 9.85. The van der Waals surface area contributed by atoms with Gasteiger partial charge in [-0.3, -0.25) is 4.79 Å². The van der Waals surface area contributed by atoms with Crippen LogP contribution < -0.4 is 0 Å². The molecule has 1 aliphatic carbocycles. The van der Waals surface area contributed by atoms with E-state index in [0.29, 0.717) is 13.0 Å². The van der Waals surface area contributed by atoms with Crippen molar-refractivity contribution in [2.24, 2.45) is 5.41 Å². The van der Waals surface area contributed by atoms with Crippen LogP contribution in [0.15, 0.2) is 11.6 Å². The third-order valence-electron chi connectivity index (χ3n) is 2.68. The predicted molar refractivity (Wildman–Crippen MR) is 57.4 cm³/mol. The molecule has 0 saturated carbocycles. The normalized spacial score (nSPS) is 20.5. The molecule has 0 aromatic carbocycles. The van der Waals surface area contributed by atoms with Gasteiger partial charge in [0.2, 0.25) is 0 Å². The van der Waals surface area contributed by atoms with Gasteiger partial charge in [-0.15, -0.1) is 0 Å². The number of Topliss-reactive ketones (excluding diaryl/α,β-unsaturated/α-hetero) is 1. The van der Waals surface area contributed by atoms with E-state index in [4.69, 9.17) is 4.74 Å². The quantitative estimate of drug-likeness (QED) is 0.518. The summed E-state index contributed by atoms with van der Waals surface area (Å²) in [7, 11) is 0. The molecule has 84 valence electrons. The highest BCUT2D eigenvalue weighted by atomic mass is 16.5. The van der Waals surface area contributed by atoms with Crippen LogP contribution in [0.4, 0.5) is 0 Å². The molecule has 0 aliphatic heterocycles. The molecule has 0 bridgehead atoms. The van der Waals surface area contributed by atoms with Crippen molar-refractivity contribution in [2.45, 2.75) is 40.0 Å². The summed E-state index contributed by atoms with van der Waals surface area (Å²) in [6, 6.07) is 0. The zero-order valence-electron chi connectivity index (χ0n) is 9.63. The molecule has 3 heteroatoms. The van der Waals surface area contributed by atoms with Crippen molar-refractivity contribution in [1.29, 1.82) is 0 Å². The summed E-state index contributed by atoms with van der Waals surface area (Å²) in [5.74, 6) is -0.556. The molecule has 0 N–H and O–H groups in total. The number of ketones is 1. The Morgan fingerprint density at radius 3 is 2.80 bits per heavy atom. The van der Waals surface area contributed by atoms with Crippen LogP contribution in [0, 0.1) is 5.41 Å². The minimum Gasteiger partial charge on any atom is -0.462 e. The second-order valence-electron chi connectivity index (χ2n) is 4.63. The Hall–Kier alpha value is -1.12. The second kappa shape index (κ2) is 4.60. The fourth-order valence-electron chi connectivity index (χ4n) is 1.59. The predicted octanol–water partition coefficient (Wildman–Crippen LogP) is 2.26. The van der Waals surface area contributed by atoms with E-state index < -0.39 is 5.97 Å². The SMILES string of the molecule is CCOC(=O)C1=CCC(C)(C)CCC1=O. The highest BCUT2D eigenvalue weighted by Crippen LogP contribution is 2.31. The van der Waals surface area contributed by atoms with Crippen LogP contribution in [0.2, 0.25) is 0 Å². The Labute approximate surface area is 90.5 Å². The number of hydrogen-bond donors (Lipinski definition) is 0. The molecule has 0 amide bonds. The van der Waals surface area contributed by atoms with E-state index in [1.807, 2.05) is 0 Å². The highest BCUT2D eigenvalue weighted by molar-refractivity contribution is 6.17. The van der Waals surface area contributed by atoms with Crippen LogP contribution in [-0.4, -0.2) is 18.4 Å². The van der Waals surface area contributed by atoms with Gasteiger partial charge in [-0.1, -0.05) is 19.9 Å². The lowest BCUT2D eigenvalue weighted by Crippen LogP contribution is -2.15. The monoisotopic (exact) mass is 210 g/mol. The molecular weight excluding hydrogens is 192 g/mol. The largest absolute Gasteiger partial charge is 0.462 e.